The monoisotopic (exact) mass is 261 g/mol. The number of phenols is 1. The van der Waals surface area contributed by atoms with Gasteiger partial charge in [0.25, 0.3) is 0 Å². The molecule has 1 aromatic carbocycles. The van der Waals surface area contributed by atoms with Crippen LogP contribution in [0.1, 0.15) is 63.1 Å². The third-order valence-corrected chi connectivity index (χ3v) is 4.85. The van der Waals surface area contributed by atoms with Crippen molar-refractivity contribution in [3.8, 4) is 5.75 Å². The van der Waals surface area contributed by atoms with E-state index in [9.17, 15) is 5.11 Å². The number of aromatic hydroxyl groups is 1. The first kappa shape index (κ1) is 14.4. The van der Waals surface area contributed by atoms with Crippen molar-refractivity contribution >= 4 is 0 Å². The molecule has 19 heavy (non-hydrogen) atoms. The van der Waals surface area contributed by atoms with Gasteiger partial charge in [-0.3, -0.25) is 0 Å². The second kappa shape index (κ2) is 5.96. The number of aryl methyl sites for hydroxylation is 1. The van der Waals surface area contributed by atoms with Crippen LogP contribution < -0.4 is 5.32 Å². The van der Waals surface area contributed by atoms with E-state index in [4.69, 9.17) is 0 Å². The average Bonchev–Trinajstić information content (AvgIpc) is 2.85. The van der Waals surface area contributed by atoms with Crippen LogP contribution in [0.3, 0.4) is 0 Å². The standard InChI is InChI=1S/C17H27NO/c1-4-17(9-5-6-10-17)12-18-14(3)15-8-7-13(2)11-16(15)19/h7-8,11,14,18-19H,4-6,9-10,12H2,1-3H3. The predicted molar refractivity (Wildman–Crippen MR) is 80.5 cm³/mol. The van der Waals surface area contributed by atoms with Crippen LogP contribution in [0.4, 0.5) is 0 Å². The molecule has 0 saturated heterocycles. The highest BCUT2D eigenvalue weighted by Crippen LogP contribution is 2.40. The molecule has 0 heterocycles. The lowest BCUT2D eigenvalue weighted by Crippen LogP contribution is -2.33. The molecule has 0 aromatic heterocycles. The Morgan fingerprint density at radius 3 is 2.58 bits per heavy atom. The van der Waals surface area contributed by atoms with E-state index in [-0.39, 0.29) is 6.04 Å². The number of hydrogen-bond acceptors (Lipinski definition) is 2. The summed E-state index contributed by atoms with van der Waals surface area (Å²) in [6, 6.07) is 6.16. The van der Waals surface area contributed by atoms with Gasteiger partial charge in [0, 0.05) is 18.2 Å². The minimum Gasteiger partial charge on any atom is -0.508 e. The van der Waals surface area contributed by atoms with Crippen LogP contribution in [0.2, 0.25) is 0 Å². The summed E-state index contributed by atoms with van der Waals surface area (Å²) >= 11 is 0. The van der Waals surface area contributed by atoms with Gasteiger partial charge in [-0.15, -0.1) is 0 Å². The lowest BCUT2D eigenvalue weighted by Gasteiger charge is -2.30. The zero-order valence-corrected chi connectivity index (χ0v) is 12.5. The summed E-state index contributed by atoms with van der Waals surface area (Å²) in [5, 5.41) is 13.7. The summed E-state index contributed by atoms with van der Waals surface area (Å²) in [5.74, 6) is 0.414. The highest BCUT2D eigenvalue weighted by molar-refractivity contribution is 5.37. The number of benzene rings is 1. The van der Waals surface area contributed by atoms with Gasteiger partial charge in [-0.05, 0) is 50.2 Å². The summed E-state index contributed by atoms with van der Waals surface area (Å²) in [4.78, 5) is 0. The largest absolute Gasteiger partial charge is 0.508 e. The van der Waals surface area contributed by atoms with Crippen molar-refractivity contribution in [1.82, 2.24) is 5.32 Å². The Balaban J connectivity index is 1.99. The molecule has 2 rings (SSSR count). The smallest absolute Gasteiger partial charge is 0.120 e. The lowest BCUT2D eigenvalue weighted by atomic mass is 9.83. The van der Waals surface area contributed by atoms with Gasteiger partial charge in [0.05, 0.1) is 0 Å². The van der Waals surface area contributed by atoms with E-state index in [1.807, 2.05) is 19.1 Å². The minimum atomic E-state index is 0.213. The van der Waals surface area contributed by atoms with Crippen molar-refractivity contribution in [2.45, 2.75) is 58.9 Å². The molecule has 0 spiro atoms. The van der Waals surface area contributed by atoms with Crippen LogP contribution in [0, 0.1) is 12.3 Å². The van der Waals surface area contributed by atoms with Crippen LogP contribution in [0.15, 0.2) is 18.2 Å². The van der Waals surface area contributed by atoms with Gasteiger partial charge in [0.15, 0.2) is 0 Å². The molecule has 1 fully saturated rings. The Morgan fingerprint density at radius 2 is 2.00 bits per heavy atom. The molecule has 2 nitrogen and oxygen atoms in total. The zero-order chi connectivity index (χ0) is 13.9. The summed E-state index contributed by atoms with van der Waals surface area (Å²) < 4.78 is 0. The van der Waals surface area contributed by atoms with Crippen LogP contribution in [0.25, 0.3) is 0 Å². The van der Waals surface area contributed by atoms with Crippen LogP contribution in [-0.2, 0) is 0 Å². The normalized spacial score (nSPS) is 19.5. The molecule has 0 radical (unpaired) electrons. The Hall–Kier alpha value is -1.02. The van der Waals surface area contributed by atoms with Crippen molar-refractivity contribution in [2.75, 3.05) is 6.54 Å². The molecule has 0 amide bonds. The molecule has 1 aromatic rings. The van der Waals surface area contributed by atoms with E-state index in [2.05, 4.69) is 25.2 Å². The second-order valence-electron chi connectivity index (χ2n) is 6.23. The average molecular weight is 261 g/mol. The quantitative estimate of drug-likeness (QED) is 0.827. The number of phenolic OH excluding ortho intramolecular Hbond substituents is 1. The van der Waals surface area contributed by atoms with Gasteiger partial charge >= 0.3 is 0 Å². The summed E-state index contributed by atoms with van der Waals surface area (Å²) in [7, 11) is 0. The SMILES string of the molecule is CCC1(CNC(C)c2ccc(C)cc2O)CCCC1. The Labute approximate surface area is 117 Å². The van der Waals surface area contributed by atoms with Crippen molar-refractivity contribution in [3.05, 3.63) is 29.3 Å². The molecule has 1 aliphatic rings. The maximum atomic E-state index is 10.0. The van der Waals surface area contributed by atoms with E-state index in [0.29, 0.717) is 11.2 Å². The fraction of sp³-hybridized carbons (Fsp3) is 0.647. The topological polar surface area (TPSA) is 32.3 Å². The fourth-order valence-corrected chi connectivity index (χ4v) is 3.28. The maximum absolute atomic E-state index is 10.0. The predicted octanol–water partition coefficient (Wildman–Crippen LogP) is 4.32. The molecular formula is C17H27NO. The van der Waals surface area contributed by atoms with Gasteiger partial charge in [-0.1, -0.05) is 31.9 Å². The maximum Gasteiger partial charge on any atom is 0.120 e. The molecule has 0 bridgehead atoms. The molecule has 0 aliphatic heterocycles. The Morgan fingerprint density at radius 1 is 1.32 bits per heavy atom. The van der Waals surface area contributed by atoms with Crippen molar-refractivity contribution < 1.29 is 5.11 Å². The van der Waals surface area contributed by atoms with Gasteiger partial charge in [-0.2, -0.15) is 0 Å². The number of hydrogen-bond donors (Lipinski definition) is 2. The van der Waals surface area contributed by atoms with Crippen molar-refractivity contribution in [2.24, 2.45) is 5.41 Å². The summed E-state index contributed by atoms with van der Waals surface area (Å²) in [6.07, 6.45) is 6.71. The highest BCUT2D eigenvalue weighted by Gasteiger charge is 2.32. The van der Waals surface area contributed by atoms with Gasteiger partial charge in [0.2, 0.25) is 0 Å². The van der Waals surface area contributed by atoms with E-state index in [1.165, 1.54) is 32.1 Å². The molecule has 2 heteroatoms. The van der Waals surface area contributed by atoms with E-state index < -0.39 is 0 Å². The molecule has 1 unspecified atom stereocenters. The number of nitrogens with one attached hydrogen (secondary N) is 1. The fourth-order valence-electron chi connectivity index (χ4n) is 3.28. The van der Waals surface area contributed by atoms with E-state index in [0.717, 1.165) is 17.7 Å². The highest BCUT2D eigenvalue weighted by atomic mass is 16.3. The lowest BCUT2D eigenvalue weighted by molar-refractivity contribution is 0.258. The molecule has 106 valence electrons. The second-order valence-corrected chi connectivity index (χ2v) is 6.23. The Kier molecular flexibility index (Phi) is 4.51. The number of rotatable bonds is 5. The molecular weight excluding hydrogens is 234 g/mol. The molecule has 2 N–H and O–H groups in total. The molecule has 1 saturated carbocycles. The summed E-state index contributed by atoms with van der Waals surface area (Å²) in [5.41, 5.74) is 2.61. The molecule has 1 aliphatic carbocycles. The first-order chi connectivity index (χ1) is 9.06. The zero-order valence-electron chi connectivity index (χ0n) is 12.5. The molecule has 1 atom stereocenters. The van der Waals surface area contributed by atoms with Gasteiger partial charge < -0.3 is 10.4 Å². The van der Waals surface area contributed by atoms with Crippen LogP contribution in [-0.4, -0.2) is 11.7 Å². The first-order valence-corrected chi connectivity index (χ1v) is 7.59. The van der Waals surface area contributed by atoms with E-state index >= 15 is 0 Å². The third kappa shape index (κ3) is 3.30. The summed E-state index contributed by atoms with van der Waals surface area (Å²) in [6.45, 7) is 7.52. The van der Waals surface area contributed by atoms with Crippen molar-refractivity contribution in [1.29, 1.82) is 0 Å². The van der Waals surface area contributed by atoms with Gasteiger partial charge in [0.1, 0.15) is 5.75 Å². The van der Waals surface area contributed by atoms with E-state index in [1.54, 1.807) is 0 Å². The third-order valence-electron chi connectivity index (χ3n) is 4.85. The van der Waals surface area contributed by atoms with Gasteiger partial charge in [-0.25, -0.2) is 0 Å². The van der Waals surface area contributed by atoms with Crippen molar-refractivity contribution in [3.63, 3.8) is 0 Å². The van der Waals surface area contributed by atoms with Crippen LogP contribution in [0.5, 0.6) is 5.75 Å². The van der Waals surface area contributed by atoms with Crippen LogP contribution >= 0.6 is 0 Å². The Bertz CT molecular complexity index is 421. The minimum absolute atomic E-state index is 0.213. The first-order valence-electron chi connectivity index (χ1n) is 7.59.